The first kappa shape index (κ1) is 13.4. The molecule has 106 valence electrons. The summed E-state index contributed by atoms with van der Waals surface area (Å²) >= 11 is 1.50. The molecule has 0 aliphatic carbocycles. The van der Waals surface area contributed by atoms with Gasteiger partial charge in [-0.2, -0.15) is 0 Å². The van der Waals surface area contributed by atoms with Crippen LogP contribution in [0.5, 0.6) is 0 Å². The maximum atomic E-state index is 12.7. The number of morpholine rings is 1. The normalized spacial score (nSPS) is 23.0. The molecular weight excluding hydrogens is 272 g/mol. The van der Waals surface area contributed by atoms with Crippen LogP contribution in [0.4, 0.5) is 0 Å². The molecule has 1 saturated heterocycles. The van der Waals surface area contributed by atoms with Gasteiger partial charge in [-0.25, -0.2) is 0 Å². The van der Waals surface area contributed by atoms with Gasteiger partial charge in [-0.3, -0.25) is 4.79 Å². The zero-order valence-electron chi connectivity index (χ0n) is 11.7. The summed E-state index contributed by atoms with van der Waals surface area (Å²) in [5, 5.41) is 1.97. The number of amides is 1. The van der Waals surface area contributed by atoms with Crippen molar-refractivity contribution in [1.82, 2.24) is 9.47 Å². The molecule has 4 nitrogen and oxygen atoms in total. The van der Waals surface area contributed by atoms with E-state index >= 15 is 0 Å². The maximum absolute atomic E-state index is 12.7. The third kappa shape index (κ3) is 2.51. The molecule has 0 N–H and O–H groups in total. The molecule has 1 amide bonds. The Hall–Kier alpha value is -1.59. The van der Waals surface area contributed by atoms with Gasteiger partial charge in [0.05, 0.1) is 17.9 Å². The van der Waals surface area contributed by atoms with E-state index in [0.29, 0.717) is 13.1 Å². The van der Waals surface area contributed by atoms with Crippen LogP contribution in [0.1, 0.15) is 23.5 Å². The first-order valence-corrected chi connectivity index (χ1v) is 7.68. The molecule has 0 saturated carbocycles. The molecule has 1 aliphatic heterocycles. The molecule has 0 radical (unpaired) electrons. The molecule has 1 aliphatic rings. The van der Waals surface area contributed by atoms with E-state index in [9.17, 15) is 4.79 Å². The number of hydrogen-bond donors (Lipinski definition) is 0. The summed E-state index contributed by atoms with van der Waals surface area (Å²) < 4.78 is 7.67. The summed E-state index contributed by atoms with van der Waals surface area (Å²) in [5.74, 6) is 0.103. The van der Waals surface area contributed by atoms with Crippen LogP contribution in [-0.4, -0.2) is 40.7 Å². The van der Waals surface area contributed by atoms with E-state index < -0.39 is 0 Å². The van der Waals surface area contributed by atoms with Crippen LogP contribution in [0, 0.1) is 0 Å². The smallest absolute Gasteiger partial charge is 0.266 e. The zero-order valence-corrected chi connectivity index (χ0v) is 12.5. The second-order valence-electron chi connectivity index (χ2n) is 5.19. The molecule has 3 heterocycles. The molecule has 1 fully saturated rings. The lowest BCUT2D eigenvalue weighted by Crippen LogP contribution is -2.48. The minimum atomic E-state index is 0.0951. The molecule has 2 aromatic rings. The SMILES string of the molecule is CC1CN(C(=O)c2sccc2-n2cccc2)CC(C)O1. The molecule has 3 rings (SSSR count). The molecular formula is C15H18N2O2S. The summed E-state index contributed by atoms with van der Waals surface area (Å²) in [6.45, 7) is 5.34. The van der Waals surface area contributed by atoms with Crippen LogP contribution in [0.15, 0.2) is 36.0 Å². The third-order valence-electron chi connectivity index (χ3n) is 3.43. The predicted molar refractivity (Wildman–Crippen MR) is 79.6 cm³/mol. The number of thiophene rings is 1. The van der Waals surface area contributed by atoms with Crippen LogP contribution in [0.3, 0.4) is 0 Å². The van der Waals surface area contributed by atoms with Crippen LogP contribution in [0.2, 0.25) is 0 Å². The Morgan fingerprint density at radius 2 is 1.90 bits per heavy atom. The third-order valence-corrected chi connectivity index (χ3v) is 4.32. The van der Waals surface area contributed by atoms with Gasteiger partial charge in [0.2, 0.25) is 0 Å². The Kier molecular flexibility index (Phi) is 3.63. The van der Waals surface area contributed by atoms with Crippen molar-refractivity contribution in [3.8, 4) is 5.69 Å². The summed E-state index contributed by atoms with van der Waals surface area (Å²) in [7, 11) is 0. The Morgan fingerprint density at radius 1 is 1.25 bits per heavy atom. The van der Waals surface area contributed by atoms with Crippen molar-refractivity contribution >= 4 is 17.2 Å². The monoisotopic (exact) mass is 290 g/mol. The second-order valence-corrected chi connectivity index (χ2v) is 6.11. The maximum Gasteiger partial charge on any atom is 0.266 e. The molecule has 0 aromatic carbocycles. The van der Waals surface area contributed by atoms with Gasteiger partial charge < -0.3 is 14.2 Å². The van der Waals surface area contributed by atoms with E-state index in [4.69, 9.17) is 4.74 Å². The number of ether oxygens (including phenoxy) is 1. The Morgan fingerprint density at radius 3 is 2.55 bits per heavy atom. The number of nitrogens with zero attached hydrogens (tertiary/aromatic N) is 2. The lowest BCUT2D eigenvalue weighted by molar-refractivity contribution is -0.0585. The van der Waals surface area contributed by atoms with Gasteiger partial charge in [-0.05, 0) is 37.4 Å². The quantitative estimate of drug-likeness (QED) is 0.852. The van der Waals surface area contributed by atoms with Gasteiger partial charge in [-0.15, -0.1) is 11.3 Å². The van der Waals surface area contributed by atoms with Crippen molar-refractivity contribution in [3.05, 3.63) is 40.8 Å². The Balaban J connectivity index is 1.86. The lowest BCUT2D eigenvalue weighted by atomic mass is 10.2. The highest BCUT2D eigenvalue weighted by molar-refractivity contribution is 7.12. The molecule has 2 aromatic heterocycles. The molecule has 0 bridgehead atoms. The topological polar surface area (TPSA) is 34.5 Å². The minimum Gasteiger partial charge on any atom is -0.372 e. The number of hydrogen-bond acceptors (Lipinski definition) is 3. The fourth-order valence-corrected chi connectivity index (χ4v) is 3.51. The van der Waals surface area contributed by atoms with Crippen LogP contribution in [-0.2, 0) is 4.74 Å². The highest BCUT2D eigenvalue weighted by Gasteiger charge is 2.28. The van der Waals surface area contributed by atoms with Crippen molar-refractivity contribution in [2.45, 2.75) is 26.1 Å². The lowest BCUT2D eigenvalue weighted by Gasteiger charge is -2.35. The molecule has 2 unspecified atom stereocenters. The highest BCUT2D eigenvalue weighted by Crippen LogP contribution is 2.24. The van der Waals surface area contributed by atoms with Crippen LogP contribution < -0.4 is 0 Å². The highest BCUT2D eigenvalue weighted by atomic mass is 32.1. The summed E-state index contributed by atoms with van der Waals surface area (Å²) in [4.78, 5) is 15.4. The van der Waals surface area contributed by atoms with Crippen LogP contribution >= 0.6 is 11.3 Å². The van der Waals surface area contributed by atoms with Crippen molar-refractivity contribution in [2.24, 2.45) is 0 Å². The van der Waals surface area contributed by atoms with Crippen molar-refractivity contribution in [1.29, 1.82) is 0 Å². The van der Waals surface area contributed by atoms with Gasteiger partial charge in [0, 0.05) is 25.5 Å². The van der Waals surface area contributed by atoms with E-state index in [1.54, 1.807) is 0 Å². The van der Waals surface area contributed by atoms with E-state index in [0.717, 1.165) is 10.6 Å². The second kappa shape index (κ2) is 5.42. The summed E-state index contributed by atoms with van der Waals surface area (Å²) in [6.07, 6.45) is 4.11. The minimum absolute atomic E-state index is 0.0951. The average Bonchev–Trinajstić information content (AvgIpc) is 3.07. The first-order valence-electron chi connectivity index (χ1n) is 6.80. The number of aromatic nitrogens is 1. The standard InChI is InChI=1S/C15H18N2O2S/c1-11-9-17(10-12(2)19-11)15(18)14-13(5-8-20-14)16-6-3-4-7-16/h3-8,11-12H,9-10H2,1-2H3. The largest absolute Gasteiger partial charge is 0.372 e. The van der Waals surface area contributed by atoms with Crippen molar-refractivity contribution in [3.63, 3.8) is 0 Å². The van der Waals surface area contributed by atoms with Crippen LogP contribution in [0.25, 0.3) is 5.69 Å². The van der Waals surface area contributed by atoms with E-state index in [2.05, 4.69) is 0 Å². The fraction of sp³-hybridized carbons (Fsp3) is 0.400. The van der Waals surface area contributed by atoms with Gasteiger partial charge >= 0.3 is 0 Å². The van der Waals surface area contributed by atoms with E-state index in [1.807, 2.05) is 59.3 Å². The first-order chi connectivity index (χ1) is 9.65. The van der Waals surface area contributed by atoms with E-state index in [1.165, 1.54) is 11.3 Å². The number of rotatable bonds is 2. The summed E-state index contributed by atoms with van der Waals surface area (Å²) in [6, 6.07) is 5.92. The van der Waals surface area contributed by atoms with Gasteiger partial charge in [0.1, 0.15) is 4.88 Å². The van der Waals surface area contributed by atoms with E-state index in [-0.39, 0.29) is 18.1 Å². The number of carbonyl (C=O) groups is 1. The van der Waals surface area contributed by atoms with Gasteiger partial charge in [-0.1, -0.05) is 0 Å². The predicted octanol–water partition coefficient (Wildman–Crippen LogP) is 2.79. The van der Waals surface area contributed by atoms with Crippen molar-refractivity contribution < 1.29 is 9.53 Å². The Bertz CT molecular complexity index is 581. The van der Waals surface area contributed by atoms with Gasteiger partial charge in [0.25, 0.3) is 5.91 Å². The van der Waals surface area contributed by atoms with Crippen molar-refractivity contribution in [2.75, 3.05) is 13.1 Å². The average molecular weight is 290 g/mol. The molecule has 2 atom stereocenters. The number of carbonyl (C=O) groups excluding carboxylic acids is 1. The molecule has 5 heteroatoms. The van der Waals surface area contributed by atoms with Gasteiger partial charge in [0.15, 0.2) is 0 Å². The molecule has 20 heavy (non-hydrogen) atoms. The fourth-order valence-electron chi connectivity index (χ4n) is 2.65. The Labute approximate surface area is 122 Å². The molecule has 0 spiro atoms. The summed E-state index contributed by atoms with van der Waals surface area (Å²) in [5.41, 5.74) is 0.955. The zero-order chi connectivity index (χ0) is 14.1.